The van der Waals surface area contributed by atoms with Crippen molar-refractivity contribution in [3.8, 4) is 0 Å². The fraction of sp³-hybridized carbons (Fsp3) is 0.683. The lowest BCUT2D eigenvalue weighted by atomic mass is 9.83. The number of piperidine rings is 1. The third-order valence-corrected chi connectivity index (χ3v) is 18.6. The normalized spacial score (nSPS) is 17.6. The van der Waals surface area contributed by atoms with Crippen molar-refractivity contribution in [2.75, 3.05) is 71.7 Å². The standard InChI is InChI=1S/C63H96N8O16S2/c1-11-39(4)47(33-52(74)50-18-13-15-25-69(50)8)61(80)70(9)51(38(2)3)34-53(87-42(7)72)60-68-49(37-89-60)59(79)66-45(29-41(6)63(82)83)30-43-21-20-40(5)48(31-43)67-55(75)19-16-24-65-58(78)44(17-12-14-23-64-56(76)36-85-27-28-86-84)32-46(73)22-26-71-57(77)35-54(88-10)62(71)81/h20-21,31,37-39,41,44-45,47,50-51,53-54,84H,11-19,22-30,32-36H2,1-10H3,(H,64,76)(H,65,78)(H,66,79)(H,67,75)(H,82,83)/t39?,41?,44?,45-,47+,50?,51-,53-,54?/m1/s1. The van der Waals surface area contributed by atoms with Crippen LogP contribution in [0.3, 0.4) is 0 Å². The van der Waals surface area contributed by atoms with Gasteiger partial charge in [-0.1, -0.05) is 66.0 Å². The predicted molar refractivity (Wildman–Crippen MR) is 337 cm³/mol. The van der Waals surface area contributed by atoms with E-state index in [4.69, 9.17) is 14.7 Å². The highest BCUT2D eigenvalue weighted by Crippen LogP contribution is 2.34. The zero-order valence-electron chi connectivity index (χ0n) is 53.6. The number of ether oxygens (including phenoxy) is 2. The molecule has 0 bridgehead atoms. The first kappa shape index (κ1) is 75.3. The van der Waals surface area contributed by atoms with Crippen LogP contribution in [-0.4, -0.2) is 185 Å². The largest absolute Gasteiger partial charge is 0.481 e. The first-order chi connectivity index (χ1) is 42.3. The van der Waals surface area contributed by atoms with Crippen molar-refractivity contribution in [2.24, 2.45) is 29.6 Å². The third-order valence-electron chi connectivity index (χ3n) is 16.8. The number of anilines is 1. The third kappa shape index (κ3) is 24.8. The van der Waals surface area contributed by atoms with Gasteiger partial charge in [-0.05, 0) is 101 Å². The van der Waals surface area contributed by atoms with Gasteiger partial charge in [-0.2, -0.15) is 11.8 Å². The molecular weight excluding hydrogens is 1190 g/mol. The number of hydrogen-bond donors (Lipinski definition) is 6. The SMILES string of the molecule is CCC(C)[C@H](CC(=O)C1CCCCN1C)C(=O)N(C)[C@H](C[C@@H](OC(C)=O)c1nc(C(=O)N[C@@H](Cc2ccc(C)c(NC(=O)CCCNC(=O)C(CCCCNC(=O)COCCOO)CC(=O)CCN3C(=O)CC(SC)C3=O)c2)CC(C)C(=O)O)cs1)C(C)C. The maximum Gasteiger partial charge on any atom is 0.306 e. The summed E-state index contributed by atoms with van der Waals surface area (Å²) < 4.78 is 10.9. The van der Waals surface area contributed by atoms with Gasteiger partial charge in [-0.25, -0.2) is 9.87 Å². The van der Waals surface area contributed by atoms with Gasteiger partial charge in [0.2, 0.25) is 35.4 Å². The number of carboxylic acids is 1. The van der Waals surface area contributed by atoms with Gasteiger partial charge in [0.25, 0.3) is 5.91 Å². The molecule has 3 heterocycles. The molecule has 0 saturated carbocycles. The zero-order chi connectivity index (χ0) is 65.9. The Morgan fingerprint density at radius 2 is 1.66 bits per heavy atom. The molecule has 2 aliphatic heterocycles. The average molecular weight is 1290 g/mol. The summed E-state index contributed by atoms with van der Waals surface area (Å²) in [6.07, 6.45) is 6.07. The molecule has 2 fully saturated rings. The Bertz CT molecular complexity index is 2730. The highest BCUT2D eigenvalue weighted by molar-refractivity contribution is 8.00. The number of likely N-dealkylation sites (tertiary alicyclic amines) is 2. The molecule has 26 heteroatoms. The topological polar surface area (TPSA) is 327 Å². The number of likely N-dealkylation sites (N-methyl/N-ethyl adjacent to an activating group) is 1. The van der Waals surface area contributed by atoms with E-state index in [1.165, 1.54) is 31.0 Å². The number of nitrogens with zero attached hydrogens (tertiary/aromatic N) is 4. The van der Waals surface area contributed by atoms with Gasteiger partial charge in [0.05, 0.1) is 23.8 Å². The summed E-state index contributed by atoms with van der Waals surface area (Å²) in [4.78, 5) is 158. The zero-order valence-corrected chi connectivity index (χ0v) is 55.2. The molecule has 2 aliphatic rings. The summed E-state index contributed by atoms with van der Waals surface area (Å²) in [6.45, 7) is 13.4. The van der Waals surface area contributed by atoms with Crippen molar-refractivity contribution in [2.45, 2.75) is 181 Å². The number of rotatable bonds is 41. The quantitative estimate of drug-likeness (QED) is 0.0135. The van der Waals surface area contributed by atoms with Crippen molar-refractivity contribution in [1.82, 2.24) is 35.6 Å². The summed E-state index contributed by atoms with van der Waals surface area (Å²) in [5, 5.41) is 31.2. The number of thioether (sulfide) groups is 1. The van der Waals surface area contributed by atoms with E-state index in [0.717, 1.165) is 47.6 Å². The molecule has 1 aromatic carbocycles. The minimum Gasteiger partial charge on any atom is -0.481 e. The van der Waals surface area contributed by atoms with Crippen LogP contribution in [0.5, 0.6) is 0 Å². The number of imide groups is 1. The van der Waals surface area contributed by atoms with Gasteiger partial charge in [-0.15, -0.1) is 11.3 Å². The Balaban J connectivity index is 1.39. The monoisotopic (exact) mass is 1280 g/mol. The highest BCUT2D eigenvalue weighted by atomic mass is 32.2. The fourth-order valence-corrected chi connectivity index (χ4v) is 12.7. The number of carbonyl (C=O) groups is 11. The molecule has 4 rings (SSSR count). The average Bonchev–Trinajstić information content (AvgIpc) is 2.62. The molecular formula is C63H96N8O16S2. The number of Topliss-reactive ketones (excluding diaryl/α,β-unsaturated/α-hetero) is 2. The van der Waals surface area contributed by atoms with Crippen LogP contribution in [-0.2, 0) is 68.7 Å². The van der Waals surface area contributed by atoms with Crippen molar-refractivity contribution in [3.63, 3.8) is 0 Å². The number of carboxylic acid groups (broad SMARTS) is 1. The Kier molecular flexibility index (Phi) is 32.6. The van der Waals surface area contributed by atoms with Crippen LogP contribution in [0.25, 0.3) is 0 Å². The number of unbranched alkanes of at least 4 members (excludes halogenated alkanes) is 1. The highest BCUT2D eigenvalue weighted by Gasteiger charge is 2.40. The predicted octanol–water partition coefficient (Wildman–Crippen LogP) is 6.57. The number of aromatic nitrogens is 1. The molecule has 0 radical (unpaired) electrons. The second kappa shape index (κ2) is 38.5. The van der Waals surface area contributed by atoms with Crippen molar-refractivity contribution in [1.29, 1.82) is 0 Å². The number of ketones is 2. The van der Waals surface area contributed by atoms with Crippen molar-refractivity contribution >= 4 is 93.6 Å². The summed E-state index contributed by atoms with van der Waals surface area (Å²) in [7, 11) is 3.68. The van der Waals surface area contributed by atoms with Gasteiger partial charge in [0.15, 0.2) is 11.9 Å². The molecule has 2 saturated heterocycles. The van der Waals surface area contributed by atoms with Gasteiger partial charge in [0, 0.05) is 107 Å². The van der Waals surface area contributed by atoms with Crippen LogP contribution in [0.1, 0.15) is 171 Å². The Labute approximate surface area is 531 Å². The molecule has 2 aromatic rings. The Hall–Kier alpha value is -6.19. The minimum absolute atomic E-state index is 0.00794. The number of aliphatic carboxylic acids is 1. The smallest absolute Gasteiger partial charge is 0.306 e. The summed E-state index contributed by atoms with van der Waals surface area (Å²) >= 11 is 2.39. The summed E-state index contributed by atoms with van der Waals surface area (Å²) in [6, 6.07) is 3.97. The van der Waals surface area contributed by atoms with E-state index in [0.29, 0.717) is 41.9 Å². The molecule has 7 amide bonds. The van der Waals surface area contributed by atoms with Crippen molar-refractivity contribution < 1.29 is 77.5 Å². The summed E-state index contributed by atoms with van der Waals surface area (Å²) in [5.41, 5.74) is 1.91. The lowest BCUT2D eigenvalue weighted by Gasteiger charge is -2.37. The van der Waals surface area contributed by atoms with E-state index in [9.17, 15) is 57.8 Å². The van der Waals surface area contributed by atoms with Crippen LogP contribution in [0.2, 0.25) is 0 Å². The van der Waals surface area contributed by atoms with Gasteiger partial charge < -0.3 is 40.7 Å². The van der Waals surface area contributed by atoms with Crippen LogP contribution in [0.4, 0.5) is 5.69 Å². The number of carbonyl (C=O) groups excluding carboxylic acids is 10. The van der Waals surface area contributed by atoms with Crippen LogP contribution >= 0.6 is 23.1 Å². The molecule has 5 unspecified atom stereocenters. The number of esters is 1. The van der Waals surface area contributed by atoms with Crippen molar-refractivity contribution in [3.05, 3.63) is 45.4 Å². The summed E-state index contributed by atoms with van der Waals surface area (Å²) in [5.74, 6) is -6.81. The van der Waals surface area contributed by atoms with E-state index in [1.807, 2.05) is 40.8 Å². The molecule has 6 N–H and O–H groups in total. The molecule has 89 heavy (non-hydrogen) atoms. The van der Waals surface area contributed by atoms with E-state index >= 15 is 0 Å². The molecule has 0 spiro atoms. The minimum atomic E-state index is -1.06. The molecule has 496 valence electrons. The molecule has 24 nitrogen and oxygen atoms in total. The number of nitrogens with one attached hydrogen (secondary N) is 4. The molecule has 9 atom stereocenters. The Morgan fingerprint density at radius 3 is 2.31 bits per heavy atom. The Morgan fingerprint density at radius 1 is 0.933 bits per heavy atom. The van der Waals surface area contributed by atoms with Crippen LogP contribution in [0.15, 0.2) is 23.6 Å². The van der Waals surface area contributed by atoms with Crippen LogP contribution in [0, 0.1) is 36.5 Å². The number of amides is 7. The van der Waals surface area contributed by atoms with Gasteiger partial charge in [0.1, 0.15) is 29.7 Å². The van der Waals surface area contributed by atoms with Gasteiger partial charge in [-0.3, -0.25) is 67.8 Å². The number of hydrogen-bond acceptors (Lipinski definition) is 19. The molecule has 1 aromatic heterocycles. The lowest BCUT2D eigenvalue weighted by molar-refractivity contribution is -0.248. The van der Waals surface area contributed by atoms with Gasteiger partial charge >= 0.3 is 11.9 Å². The second-order valence-electron chi connectivity index (χ2n) is 24.0. The van der Waals surface area contributed by atoms with E-state index < -0.39 is 64.9 Å². The first-order valence-electron chi connectivity index (χ1n) is 31.1. The fourth-order valence-electron chi connectivity index (χ4n) is 11.2. The maximum absolute atomic E-state index is 14.5. The van der Waals surface area contributed by atoms with E-state index in [2.05, 4.69) is 36.0 Å². The number of benzene rings is 1. The second-order valence-corrected chi connectivity index (χ2v) is 25.9. The number of aryl methyl sites for hydroxylation is 1. The first-order valence-corrected chi connectivity index (χ1v) is 33.3. The van der Waals surface area contributed by atoms with Crippen LogP contribution < -0.4 is 21.3 Å². The maximum atomic E-state index is 14.5. The van der Waals surface area contributed by atoms with E-state index in [1.54, 1.807) is 37.3 Å². The number of thiazole rings is 1. The molecule has 0 aliphatic carbocycles. The van der Waals surface area contributed by atoms with E-state index in [-0.39, 0.29) is 162 Å². The lowest BCUT2D eigenvalue weighted by Crippen LogP contribution is -2.48.